The summed E-state index contributed by atoms with van der Waals surface area (Å²) in [4.78, 5) is 32.7. The molecule has 0 atom stereocenters. The van der Waals surface area contributed by atoms with Crippen molar-refractivity contribution < 1.29 is 9.59 Å². The zero-order valence-electron chi connectivity index (χ0n) is 18.7. The van der Waals surface area contributed by atoms with Crippen LogP contribution in [0.5, 0.6) is 0 Å². The van der Waals surface area contributed by atoms with Gasteiger partial charge in [0, 0.05) is 52.2 Å². The molecule has 0 bridgehead atoms. The van der Waals surface area contributed by atoms with Gasteiger partial charge in [0.15, 0.2) is 5.82 Å². The van der Waals surface area contributed by atoms with Crippen LogP contribution in [-0.4, -0.2) is 44.6 Å². The molecule has 0 saturated heterocycles. The van der Waals surface area contributed by atoms with Crippen molar-refractivity contribution in [3.63, 3.8) is 0 Å². The van der Waals surface area contributed by atoms with E-state index < -0.39 is 11.7 Å². The van der Waals surface area contributed by atoms with Crippen LogP contribution >= 0.6 is 0 Å². The molecule has 1 amide bonds. The van der Waals surface area contributed by atoms with E-state index in [1.54, 1.807) is 43.6 Å². The normalized spacial score (nSPS) is 10.8. The van der Waals surface area contributed by atoms with Crippen molar-refractivity contribution in [3.05, 3.63) is 95.9 Å². The second-order valence-corrected chi connectivity index (χ2v) is 7.83. The summed E-state index contributed by atoms with van der Waals surface area (Å²) < 4.78 is 0. The summed E-state index contributed by atoms with van der Waals surface area (Å²) in [7, 11) is 1.78. The molecule has 0 saturated carbocycles. The standard InChI is InChI=1S/C26H21N7O2/c1-28-21-10-9-16(25-30-14-31-33-25)12-19(21)23(27)15-5-4-6-17(11-15)32-26(35)24(34)20-13-29-22-8-3-2-7-18(20)22/h2-14,27-29H,1H3,(H,32,35)(H,30,31,33). The van der Waals surface area contributed by atoms with E-state index in [0.29, 0.717) is 33.6 Å². The van der Waals surface area contributed by atoms with Gasteiger partial charge in [0.05, 0.1) is 11.3 Å². The van der Waals surface area contributed by atoms with Crippen LogP contribution in [0.1, 0.15) is 21.5 Å². The molecule has 0 spiro atoms. The number of fused-ring (bicyclic) bond motifs is 1. The van der Waals surface area contributed by atoms with Gasteiger partial charge in [-0.1, -0.05) is 30.3 Å². The quantitative estimate of drug-likeness (QED) is 0.140. The summed E-state index contributed by atoms with van der Waals surface area (Å²) >= 11 is 0. The Kier molecular flexibility index (Phi) is 5.64. The molecule has 5 aromatic rings. The van der Waals surface area contributed by atoms with E-state index in [0.717, 1.165) is 16.8 Å². The van der Waals surface area contributed by atoms with Gasteiger partial charge < -0.3 is 15.6 Å². The SMILES string of the molecule is CNc1ccc(-c2ncn[nH]2)cc1C(=N)c1cccc(NC(=O)C(=O)c2c[nH]c3ccccc23)c1. The van der Waals surface area contributed by atoms with E-state index in [-0.39, 0.29) is 5.71 Å². The number of aromatic nitrogens is 4. The predicted octanol–water partition coefficient (Wildman–Crippen LogP) is 4.23. The molecule has 9 nitrogen and oxygen atoms in total. The summed E-state index contributed by atoms with van der Waals surface area (Å²) in [5.41, 5.74) is 4.54. The first kappa shape index (κ1) is 21.8. The highest BCUT2D eigenvalue weighted by Gasteiger charge is 2.20. The molecule has 5 rings (SSSR count). The molecule has 9 heteroatoms. The highest BCUT2D eigenvalue weighted by atomic mass is 16.2. The van der Waals surface area contributed by atoms with Crippen LogP contribution in [0.25, 0.3) is 22.3 Å². The van der Waals surface area contributed by atoms with Gasteiger partial charge in [-0.25, -0.2) is 4.98 Å². The first-order valence-electron chi connectivity index (χ1n) is 10.8. The lowest BCUT2D eigenvalue weighted by atomic mass is 9.98. The van der Waals surface area contributed by atoms with Gasteiger partial charge in [-0.05, 0) is 36.4 Å². The number of hydrogen-bond acceptors (Lipinski definition) is 6. The van der Waals surface area contributed by atoms with Crippen molar-refractivity contribution in [1.82, 2.24) is 20.2 Å². The molecule has 0 aliphatic rings. The molecule has 2 aromatic heterocycles. The maximum Gasteiger partial charge on any atom is 0.296 e. The van der Waals surface area contributed by atoms with Gasteiger partial charge in [0.25, 0.3) is 11.7 Å². The number of carbonyl (C=O) groups excluding carboxylic acids is 2. The van der Waals surface area contributed by atoms with Crippen molar-refractivity contribution in [2.75, 3.05) is 17.7 Å². The Morgan fingerprint density at radius 3 is 2.63 bits per heavy atom. The Bertz CT molecular complexity index is 1570. The van der Waals surface area contributed by atoms with Crippen molar-refractivity contribution in [1.29, 1.82) is 5.41 Å². The van der Waals surface area contributed by atoms with Crippen LogP contribution in [-0.2, 0) is 4.79 Å². The van der Waals surface area contributed by atoms with E-state index in [1.807, 2.05) is 36.4 Å². The second-order valence-electron chi connectivity index (χ2n) is 7.83. The molecule has 0 unspecified atom stereocenters. The maximum absolute atomic E-state index is 12.8. The predicted molar refractivity (Wildman–Crippen MR) is 135 cm³/mol. The fraction of sp³-hybridized carbons (Fsp3) is 0.0385. The topological polar surface area (TPSA) is 139 Å². The average molecular weight is 464 g/mol. The van der Waals surface area contributed by atoms with Crippen LogP contribution in [0.2, 0.25) is 0 Å². The number of carbonyl (C=O) groups is 2. The number of benzene rings is 3. The first-order valence-corrected chi connectivity index (χ1v) is 10.8. The number of H-pyrrole nitrogens is 2. The van der Waals surface area contributed by atoms with Gasteiger partial charge in [-0.2, -0.15) is 5.10 Å². The molecule has 2 heterocycles. The zero-order chi connectivity index (χ0) is 24.4. The fourth-order valence-corrected chi connectivity index (χ4v) is 3.94. The molecule has 172 valence electrons. The van der Waals surface area contributed by atoms with Gasteiger partial charge in [-0.15, -0.1) is 0 Å². The number of nitrogens with zero attached hydrogens (tertiary/aromatic N) is 2. The van der Waals surface area contributed by atoms with Crippen LogP contribution in [0.3, 0.4) is 0 Å². The molecule has 3 aromatic carbocycles. The lowest BCUT2D eigenvalue weighted by Gasteiger charge is -2.13. The Labute approximate surface area is 200 Å². The van der Waals surface area contributed by atoms with Gasteiger partial charge >= 0.3 is 0 Å². The molecule has 0 radical (unpaired) electrons. The minimum Gasteiger partial charge on any atom is -0.388 e. The lowest BCUT2D eigenvalue weighted by molar-refractivity contribution is -0.112. The lowest BCUT2D eigenvalue weighted by Crippen LogP contribution is -2.22. The summed E-state index contributed by atoms with van der Waals surface area (Å²) in [6.45, 7) is 0. The molecule has 0 fully saturated rings. The number of para-hydroxylation sites is 1. The Hall–Kier alpha value is -5.05. The number of anilines is 2. The monoisotopic (exact) mass is 463 g/mol. The molecule has 5 N–H and O–H groups in total. The van der Waals surface area contributed by atoms with E-state index in [2.05, 4.69) is 30.8 Å². The van der Waals surface area contributed by atoms with E-state index >= 15 is 0 Å². The highest BCUT2D eigenvalue weighted by Crippen LogP contribution is 2.26. The van der Waals surface area contributed by atoms with Crippen molar-refractivity contribution >= 4 is 39.7 Å². The Balaban J connectivity index is 1.40. The largest absolute Gasteiger partial charge is 0.388 e. The Morgan fingerprint density at radius 1 is 0.971 bits per heavy atom. The van der Waals surface area contributed by atoms with Gasteiger partial charge in [0.2, 0.25) is 0 Å². The minimum atomic E-state index is -0.748. The number of ketones is 1. The zero-order valence-corrected chi connectivity index (χ0v) is 18.7. The number of hydrogen-bond donors (Lipinski definition) is 5. The third kappa shape index (κ3) is 4.18. The maximum atomic E-state index is 12.8. The van der Waals surface area contributed by atoms with Crippen molar-refractivity contribution in [3.8, 4) is 11.4 Å². The third-order valence-corrected chi connectivity index (χ3v) is 5.70. The molecular formula is C26H21N7O2. The van der Waals surface area contributed by atoms with Crippen molar-refractivity contribution in [2.24, 2.45) is 0 Å². The number of rotatable bonds is 7. The summed E-state index contributed by atoms with van der Waals surface area (Å²) in [5, 5.41) is 22.0. The van der Waals surface area contributed by atoms with Gasteiger partial charge in [-0.3, -0.25) is 20.1 Å². The summed E-state index contributed by atoms with van der Waals surface area (Å²) in [6, 6.07) is 19.8. The molecule has 0 aliphatic carbocycles. The minimum absolute atomic E-state index is 0.245. The van der Waals surface area contributed by atoms with Crippen LogP contribution in [0, 0.1) is 5.41 Å². The van der Waals surface area contributed by atoms with Crippen LogP contribution in [0.4, 0.5) is 11.4 Å². The van der Waals surface area contributed by atoms with Gasteiger partial charge in [0.1, 0.15) is 6.33 Å². The second kappa shape index (κ2) is 9.06. The fourth-order valence-electron chi connectivity index (χ4n) is 3.94. The van der Waals surface area contributed by atoms with Crippen LogP contribution in [0.15, 0.2) is 79.3 Å². The first-order chi connectivity index (χ1) is 17.0. The average Bonchev–Trinajstić information content (AvgIpc) is 3.58. The summed E-state index contributed by atoms with van der Waals surface area (Å²) in [5.74, 6) is -0.791. The van der Waals surface area contributed by atoms with Crippen molar-refractivity contribution in [2.45, 2.75) is 0 Å². The smallest absolute Gasteiger partial charge is 0.296 e. The highest BCUT2D eigenvalue weighted by molar-refractivity contribution is 6.48. The van der Waals surface area contributed by atoms with E-state index in [1.165, 1.54) is 6.33 Å². The van der Waals surface area contributed by atoms with E-state index in [4.69, 9.17) is 5.41 Å². The number of amides is 1. The molecule has 0 aliphatic heterocycles. The number of aromatic amines is 2. The Morgan fingerprint density at radius 2 is 1.83 bits per heavy atom. The number of nitrogens with one attached hydrogen (secondary N) is 5. The van der Waals surface area contributed by atoms with Crippen LogP contribution < -0.4 is 10.6 Å². The molecular weight excluding hydrogens is 442 g/mol. The molecule has 35 heavy (non-hydrogen) atoms. The third-order valence-electron chi connectivity index (χ3n) is 5.70. The number of Topliss-reactive ketones (excluding diaryl/α,β-unsaturated/α-hetero) is 1. The summed E-state index contributed by atoms with van der Waals surface area (Å²) in [6.07, 6.45) is 2.97. The van der Waals surface area contributed by atoms with E-state index in [9.17, 15) is 9.59 Å².